The Labute approximate surface area is 135 Å². The van der Waals surface area contributed by atoms with E-state index in [9.17, 15) is 4.79 Å². The molecule has 0 unspecified atom stereocenters. The molecule has 1 aromatic carbocycles. The van der Waals surface area contributed by atoms with Crippen molar-refractivity contribution in [1.82, 2.24) is 14.5 Å². The smallest absolute Gasteiger partial charge is 0.252 e. The number of pyridine rings is 1. The van der Waals surface area contributed by atoms with Gasteiger partial charge in [0.25, 0.3) is 5.56 Å². The fourth-order valence-electron chi connectivity index (χ4n) is 2.76. The second-order valence-electron chi connectivity index (χ2n) is 5.48. The van der Waals surface area contributed by atoms with Crippen LogP contribution in [0.1, 0.15) is 32.7 Å². The van der Waals surface area contributed by atoms with Crippen molar-refractivity contribution in [2.24, 2.45) is 0 Å². The minimum Gasteiger partial charge on any atom is -0.324 e. The van der Waals surface area contributed by atoms with Crippen LogP contribution in [-0.2, 0) is 0 Å². The summed E-state index contributed by atoms with van der Waals surface area (Å²) < 4.78 is 1.78. The molecule has 0 amide bonds. The van der Waals surface area contributed by atoms with Crippen LogP contribution in [0.2, 0.25) is 0 Å². The summed E-state index contributed by atoms with van der Waals surface area (Å²) >= 11 is 0. The van der Waals surface area contributed by atoms with Crippen molar-refractivity contribution in [3.8, 4) is 0 Å². The Bertz CT molecular complexity index is 854. The van der Waals surface area contributed by atoms with Crippen molar-refractivity contribution in [2.75, 3.05) is 5.32 Å². The Kier molecular flexibility index (Phi) is 4.37. The van der Waals surface area contributed by atoms with Crippen LogP contribution in [-0.4, -0.2) is 14.5 Å². The molecule has 0 spiro atoms. The first kappa shape index (κ1) is 15.2. The molecule has 0 fully saturated rings. The molecule has 0 saturated heterocycles. The van der Waals surface area contributed by atoms with Crippen LogP contribution in [0.15, 0.2) is 53.5 Å². The first-order valence-corrected chi connectivity index (χ1v) is 7.93. The zero-order chi connectivity index (χ0) is 16.2. The Morgan fingerprint density at radius 1 is 1.09 bits per heavy atom. The van der Waals surface area contributed by atoms with E-state index < -0.39 is 0 Å². The molecular formula is C18H20N4O. The van der Waals surface area contributed by atoms with Crippen LogP contribution < -0.4 is 10.9 Å². The molecule has 5 nitrogen and oxygen atoms in total. The van der Waals surface area contributed by atoms with Crippen LogP contribution in [0.25, 0.3) is 11.0 Å². The maximum absolute atomic E-state index is 12.3. The fourth-order valence-corrected chi connectivity index (χ4v) is 2.76. The fraction of sp³-hybridized carbons (Fsp3) is 0.278. The highest BCUT2D eigenvalue weighted by atomic mass is 16.1. The first-order chi connectivity index (χ1) is 11.2. The topological polar surface area (TPSA) is 59.8 Å². The van der Waals surface area contributed by atoms with E-state index in [1.165, 1.54) is 0 Å². The van der Waals surface area contributed by atoms with E-state index in [0.29, 0.717) is 11.6 Å². The molecule has 2 aromatic heterocycles. The van der Waals surface area contributed by atoms with Gasteiger partial charge in [-0.15, -0.1) is 0 Å². The number of hydrogen-bond donors (Lipinski definition) is 1. The lowest BCUT2D eigenvalue weighted by atomic mass is 10.1. The summed E-state index contributed by atoms with van der Waals surface area (Å²) in [7, 11) is 0. The Balaban J connectivity index is 2.10. The quantitative estimate of drug-likeness (QED) is 0.776. The monoisotopic (exact) mass is 308 g/mol. The third-order valence-corrected chi connectivity index (χ3v) is 4.00. The van der Waals surface area contributed by atoms with Crippen molar-refractivity contribution in [1.29, 1.82) is 0 Å². The van der Waals surface area contributed by atoms with Gasteiger partial charge < -0.3 is 5.32 Å². The van der Waals surface area contributed by atoms with E-state index in [1.807, 2.05) is 30.3 Å². The summed E-state index contributed by atoms with van der Waals surface area (Å²) in [5.41, 5.74) is 1.58. The van der Waals surface area contributed by atoms with Crippen LogP contribution in [0, 0.1) is 0 Å². The number of aromatic nitrogens is 3. The average Bonchev–Trinajstić information content (AvgIpc) is 2.58. The summed E-state index contributed by atoms with van der Waals surface area (Å²) in [6, 6.07) is 13.3. The summed E-state index contributed by atoms with van der Waals surface area (Å²) in [6.07, 6.45) is 3.54. The molecule has 0 saturated carbocycles. The molecule has 2 heterocycles. The lowest BCUT2D eigenvalue weighted by Gasteiger charge is -2.18. The Morgan fingerprint density at radius 3 is 2.52 bits per heavy atom. The van der Waals surface area contributed by atoms with Crippen molar-refractivity contribution >= 4 is 22.7 Å². The highest BCUT2D eigenvalue weighted by molar-refractivity contribution is 5.75. The third kappa shape index (κ3) is 3.08. The Hall–Kier alpha value is -2.69. The Morgan fingerprint density at radius 2 is 1.83 bits per heavy atom. The zero-order valence-corrected chi connectivity index (χ0v) is 13.4. The number of nitrogens with zero attached hydrogens (tertiary/aromatic N) is 3. The van der Waals surface area contributed by atoms with Crippen molar-refractivity contribution in [3.05, 3.63) is 59.0 Å². The summed E-state index contributed by atoms with van der Waals surface area (Å²) in [4.78, 5) is 21.3. The highest BCUT2D eigenvalue weighted by Crippen LogP contribution is 2.20. The van der Waals surface area contributed by atoms with E-state index in [2.05, 4.69) is 29.1 Å². The molecule has 3 aromatic rings. The molecule has 0 aliphatic heterocycles. The van der Waals surface area contributed by atoms with E-state index >= 15 is 0 Å². The van der Waals surface area contributed by atoms with E-state index in [1.54, 1.807) is 22.9 Å². The lowest BCUT2D eigenvalue weighted by Crippen LogP contribution is -2.24. The predicted octanol–water partition coefficient (Wildman–Crippen LogP) is 3.90. The van der Waals surface area contributed by atoms with Gasteiger partial charge in [0, 0.05) is 29.4 Å². The molecule has 0 radical (unpaired) electrons. The number of fused-ring (bicyclic) bond motifs is 1. The number of anilines is 2. The maximum atomic E-state index is 12.3. The molecule has 0 aliphatic carbocycles. The van der Waals surface area contributed by atoms with Crippen molar-refractivity contribution in [3.63, 3.8) is 0 Å². The second kappa shape index (κ2) is 6.60. The van der Waals surface area contributed by atoms with Gasteiger partial charge in [0.05, 0.1) is 0 Å². The first-order valence-electron chi connectivity index (χ1n) is 7.93. The summed E-state index contributed by atoms with van der Waals surface area (Å²) in [5.74, 6) is 0.494. The number of hydrogen-bond acceptors (Lipinski definition) is 4. The average molecular weight is 308 g/mol. The molecule has 23 heavy (non-hydrogen) atoms. The number of rotatable bonds is 5. The largest absolute Gasteiger partial charge is 0.324 e. The molecule has 0 aliphatic rings. The molecule has 0 bridgehead atoms. The van der Waals surface area contributed by atoms with E-state index in [-0.39, 0.29) is 11.6 Å². The normalized spacial score (nSPS) is 11.1. The molecule has 3 rings (SSSR count). The van der Waals surface area contributed by atoms with Crippen LogP contribution >= 0.6 is 0 Å². The van der Waals surface area contributed by atoms with Gasteiger partial charge >= 0.3 is 0 Å². The van der Waals surface area contributed by atoms with Gasteiger partial charge in [-0.2, -0.15) is 4.98 Å². The number of nitrogens with one attached hydrogen (secondary N) is 1. The molecule has 0 atom stereocenters. The zero-order valence-electron chi connectivity index (χ0n) is 13.4. The number of benzene rings is 1. The van der Waals surface area contributed by atoms with Crippen molar-refractivity contribution in [2.45, 2.75) is 32.7 Å². The van der Waals surface area contributed by atoms with Crippen molar-refractivity contribution < 1.29 is 0 Å². The molecular weight excluding hydrogens is 288 g/mol. The maximum Gasteiger partial charge on any atom is 0.252 e. The van der Waals surface area contributed by atoms with E-state index in [4.69, 9.17) is 0 Å². The van der Waals surface area contributed by atoms with Crippen LogP contribution in [0.3, 0.4) is 0 Å². The van der Waals surface area contributed by atoms with Gasteiger partial charge in [-0.3, -0.25) is 9.36 Å². The molecule has 5 heteroatoms. The van der Waals surface area contributed by atoms with Crippen LogP contribution in [0.5, 0.6) is 0 Å². The van der Waals surface area contributed by atoms with Gasteiger partial charge in [-0.1, -0.05) is 32.0 Å². The van der Waals surface area contributed by atoms with Gasteiger partial charge in [0.2, 0.25) is 5.95 Å². The summed E-state index contributed by atoms with van der Waals surface area (Å²) in [6.45, 7) is 4.17. The van der Waals surface area contributed by atoms with E-state index in [0.717, 1.165) is 23.9 Å². The van der Waals surface area contributed by atoms with Gasteiger partial charge in [0.15, 0.2) is 0 Å². The van der Waals surface area contributed by atoms with Gasteiger partial charge in [-0.05, 0) is 31.0 Å². The number of para-hydroxylation sites is 1. The highest BCUT2D eigenvalue weighted by Gasteiger charge is 2.13. The van der Waals surface area contributed by atoms with Gasteiger partial charge in [0.1, 0.15) is 5.65 Å². The lowest BCUT2D eigenvalue weighted by molar-refractivity contribution is 0.470. The third-order valence-electron chi connectivity index (χ3n) is 4.00. The second-order valence-corrected chi connectivity index (χ2v) is 5.48. The minimum atomic E-state index is -0.0180. The van der Waals surface area contributed by atoms with Crippen LogP contribution in [0.4, 0.5) is 11.6 Å². The van der Waals surface area contributed by atoms with Gasteiger partial charge in [-0.25, -0.2) is 4.98 Å². The SMILES string of the molecule is CCC(CC)n1c(=O)ccc2cnc(Nc3ccccc3)nc21. The summed E-state index contributed by atoms with van der Waals surface area (Å²) in [5, 5.41) is 4.05. The molecule has 118 valence electrons. The molecule has 1 N–H and O–H groups in total. The predicted molar refractivity (Wildman–Crippen MR) is 93.1 cm³/mol. The minimum absolute atomic E-state index is 0.0180. The standard InChI is InChI=1S/C18H20N4O/c1-3-15(4-2)22-16(23)11-10-13-12-19-18(21-17(13)22)20-14-8-6-5-7-9-14/h5-12,15H,3-4H2,1-2H3,(H,19,20,21).